The van der Waals surface area contributed by atoms with Gasteiger partial charge in [0.25, 0.3) is 0 Å². The van der Waals surface area contributed by atoms with Crippen LogP contribution in [-0.2, 0) is 11.2 Å². The Morgan fingerprint density at radius 1 is 1.19 bits per heavy atom. The van der Waals surface area contributed by atoms with Gasteiger partial charge in [0.05, 0.1) is 6.07 Å². The maximum Gasteiger partial charge on any atom is 0.154 e. The second kappa shape index (κ2) is 7.06. The quantitative estimate of drug-likeness (QED) is 0.817. The van der Waals surface area contributed by atoms with Gasteiger partial charge in [-0.05, 0) is 36.1 Å². The third kappa shape index (κ3) is 3.71. The van der Waals surface area contributed by atoms with Gasteiger partial charge in [-0.2, -0.15) is 5.26 Å². The van der Waals surface area contributed by atoms with Gasteiger partial charge in [-0.25, -0.2) is 0 Å². The van der Waals surface area contributed by atoms with Crippen molar-refractivity contribution in [2.45, 2.75) is 25.7 Å². The average Bonchev–Trinajstić information content (AvgIpc) is 2.49. The lowest BCUT2D eigenvalue weighted by molar-refractivity contribution is -0.119. The van der Waals surface area contributed by atoms with E-state index in [2.05, 4.69) is 6.07 Å². The van der Waals surface area contributed by atoms with Crippen LogP contribution in [0.2, 0.25) is 5.02 Å². The van der Waals surface area contributed by atoms with Gasteiger partial charge in [0, 0.05) is 11.4 Å². The first-order valence-corrected chi connectivity index (χ1v) is 7.22. The van der Waals surface area contributed by atoms with Gasteiger partial charge in [-0.1, -0.05) is 54.1 Å². The van der Waals surface area contributed by atoms with Crippen LogP contribution in [0, 0.1) is 18.3 Å². The molecule has 0 spiro atoms. The predicted molar refractivity (Wildman–Crippen MR) is 84.3 cm³/mol. The fraction of sp³-hybridized carbons (Fsp3) is 0.222. The standard InChI is InChI=1S/C18H16ClNO/c1-13-6-2-3-7-14(13)10-11-18(21)16(12-20)15-8-4-5-9-17(15)19/h2-9,16H,10-11H2,1H3. The Hall–Kier alpha value is -2.11. The number of aryl methyl sites for hydroxylation is 2. The molecule has 21 heavy (non-hydrogen) atoms. The van der Waals surface area contributed by atoms with E-state index in [4.69, 9.17) is 11.6 Å². The largest absolute Gasteiger partial charge is 0.298 e. The van der Waals surface area contributed by atoms with Crippen molar-refractivity contribution in [3.63, 3.8) is 0 Å². The number of halogens is 1. The molecule has 0 radical (unpaired) electrons. The number of nitriles is 1. The summed E-state index contributed by atoms with van der Waals surface area (Å²) in [6, 6.07) is 17.1. The van der Waals surface area contributed by atoms with Crippen LogP contribution in [0.1, 0.15) is 29.0 Å². The van der Waals surface area contributed by atoms with Crippen molar-refractivity contribution in [2.24, 2.45) is 0 Å². The van der Waals surface area contributed by atoms with Crippen LogP contribution in [0.15, 0.2) is 48.5 Å². The lowest BCUT2D eigenvalue weighted by Gasteiger charge is -2.11. The van der Waals surface area contributed by atoms with Crippen LogP contribution in [-0.4, -0.2) is 5.78 Å². The third-order valence-electron chi connectivity index (χ3n) is 3.57. The van der Waals surface area contributed by atoms with Crippen molar-refractivity contribution in [1.29, 1.82) is 5.26 Å². The number of Topliss-reactive ketones (excluding diaryl/α,β-unsaturated/α-hetero) is 1. The number of hydrogen-bond donors (Lipinski definition) is 0. The lowest BCUT2D eigenvalue weighted by Crippen LogP contribution is -2.12. The molecule has 0 bridgehead atoms. The highest BCUT2D eigenvalue weighted by Gasteiger charge is 2.22. The maximum atomic E-state index is 12.3. The molecule has 0 aliphatic heterocycles. The van der Waals surface area contributed by atoms with Crippen molar-refractivity contribution in [1.82, 2.24) is 0 Å². The first-order chi connectivity index (χ1) is 10.1. The smallest absolute Gasteiger partial charge is 0.154 e. The first kappa shape index (κ1) is 15.3. The molecule has 2 aromatic rings. The number of hydrogen-bond acceptors (Lipinski definition) is 2. The van der Waals surface area contributed by atoms with Crippen molar-refractivity contribution < 1.29 is 4.79 Å². The van der Waals surface area contributed by atoms with E-state index in [1.54, 1.807) is 24.3 Å². The minimum Gasteiger partial charge on any atom is -0.298 e. The number of carbonyl (C=O) groups excluding carboxylic acids is 1. The van der Waals surface area contributed by atoms with Crippen LogP contribution in [0.5, 0.6) is 0 Å². The molecule has 1 unspecified atom stereocenters. The highest BCUT2D eigenvalue weighted by Crippen LogP contribution is 2.26. The second-order valence-corrected chi connectivity index (χ2v) is 5.38. The molecule has 2 aromatic carbocycles. The van der Waals surface area contributed by atoms with E-state index in [0.29, 0.717) is 23.4 Å². The van der Waals surface area contributed by atoms with Crippen molar-refractivity contribution in [2.75, 3.05) is 0 Å². The van der Waals surface area contributed by atoms with Crippen molar-refractivity contribution in [3.05, 3.63) is 70.2 Å². The summed E-state index contributed by atoms with van der Waals surface area (Å²) in [6.45, 7) is 2.02. The summed E-state index contributed by atoms with van der Waals surface area (Å²) in [4.78, 5) is 12.3. The molecule has 0 aromatic heterocycles. The second-order valence-electron chi connectivity index (χ2n) is 4.98. The van der Waals surface area contributed by atoms with Crippen LogP contribution >= 0.6 is 11.6 Å². The summed E-state index contributed by atoms with van der Waals surface area (Å²) in [6.07, 6.45) is 0.989. The van der Waals surface area contributed by atoms with Crippen molar-refractivity contribution in [3.8, 4) is 6.07 Å². The van der Waals surface area contributed by atoms with E-state index < -0.39 is 5.92 Å². The van der Waals surface area contributed by atoms with Crippen molar-refractivity contribution >= 4 is 17.4 Å². The summed E-state index contributed by atoms with van der Waals surface area (Å²) in [5.74, 6) is -0.878. The van der Waals surface area contributed by atoms with Gasteiger partial charge in [0.15, 0.2) is 5.78 Å². The van der Waals surface area contributed by atoms with Crippen LogP contribution in [0.3, 0.4) is 0 Å². The summed E-state index contributed by atoms with van der Waals surface area (Å²) >= 11 is 6.08. The molecular weight excluding hydrogens is 282 g/mol. The van der Waals surface area contributed by atoms with E-state index in [0.717, 1.165) is 11.1 Å². The van der Waals surface area contributed by atoms with E-state index in [-0.39, 0.29) is 5.78 Å². The normalized spacial score (nSPS) is 11.7. The highest BCUT2D eigenvalue weighted by molar-refractivity contribution is 6.31. The molecule has 0 fully saturated rings. The maximum absolute atomic E-state index is 12.3. The summed E-state index contributed by atoms with van der Waals surface area (Å²) in [5, 5.41) is 9.76. The average molecular weight is 298 g/mol. The molecule has 106 valence electrons. The zero-order valence-electron chi connectivity index (χ0n) is 11.8. The Labute approximate surface area is 130 Å². The van der Waals surface area contributed by atoms with Gasteiger partial charge < -0.3 is 0 Å². The molecule has 2 nitrogen and oxygen atoms in total. The Balaban J connectivity index is 2.10. The molecule has 0 aliphatic rings. The van der Waals surface area contributed by atoms with Crippen LogP contribution in [0.4, 0.5) is 0 Å². The van der Waals surface area contributed by atoms with E-state index in [1.165, 1.54) is 0 Å². The zero-order chi connectivity index (χ0) is 15.2. The molecule has 0 saturated heterocycles. The van der Waals surface area contributed by atoms with E-state index >= 15 is 0 Å². The van der Waals surface area contributed by atoms with Crippen LogP contribution < -0.4 is 0 Å². The molecule has 0 heterocycles. The number of carbonyl (C=O) groups is 1. The minimum absolute atomic E-state index is 0.0890. The fourth-order valence-electron chi connectivity index (χ4n) is 2.32. The Morgan fingerprint density at radius 3 is 2.52 bits per heavy atom. The van der Waals surface area contributed by atoms with Crippen LogP contribution in [0.25, 0.3) is 0 Å². The van der Waals surface area contributed by atoms with Gasteiger partial charge >= 0.3 is 0 Å². The molecule has 2 rings (SSSR count). The molecule has 0 N–H and O–H groups in total. The Bertz CT molecular complexity index is 688. The van der Waals surface area contributed by atoms with Gasteiger partial charge in [0.2, 0.25) is 0 Å². The fourth-order valence-corrected chi connectivity index (χ4v) is 2.56. The molecule has 0 aliphatic carbocycles. The number of benzene rings is 2. The van der Waals surface area contributed by atoms with Gasteiger partial charge in [-0.3, -0.25) is 4.79 Å². The van der Waals surface area contributed by atoms with E-state index in [1.807, 2.05) is 31.2 Å². The van der Waals surface area contributed by atoms with Gasteiger partial charge in [-0.15, -0.1) is 0 Å². The van der Waals surface area contributed by atoms with Gasteiger partial charge in [0.1, 0.15) is 5.92 Å². The minimum atomic E-state index is -0.789. The first-order valence-electron chi connectivity index (χ1n) is 6.84. The summed E-state index contributed by atoms with van der Waals surface area (Å²) in [7, 11) is 0. The zero-order valence-corrected chi connectivity index (χ0v) is 12.6. The SMILES string of the molecule is Cc1ccccc1CCC(=O)C(C#N)c1ccccc1Cl. The monoisotopic (exact) mass is 297 g/mol. The molecule has 3 heteroatoms. The number of rotatable bonds is 5. The lowest BCUT2D eigenvalue weighted by atomic mass is 9.92. The highest BCUT2D eigenvalue weighted by atomic mass is 35.5. The molecular formula is C18H16ClNO. The summed E-state index contributed by atoms with van der Waals surface area (Å²) < 4.78 is 0. The Morgan fingerprint density at radius 2 is 1.86 bits per heavy atom. The predicted octanol–water partition coefficient (Wildman–Crippen LogP) is 4.46. The van der Waals surface area contributed by atoms with E-state index in [9.17, 15) is 10.1 Å². The number of nitrogens with zero attached hydrogens (tertiary/aromatic N) is 1. The molecule has 0 saturated carbocycles. The Kier molecular flexibility index (Phi) is 5.14. The third-order valence-corrected chi connectivity index (χ3v) is 3.91. The topological polar surface area (TPSA) is 40.9 Å². The summed E-state index contributed by atoms with van der Waals surface area (Å²) in [5.41, 5.74) is 2.90. The molecule has 1 atom stereocenters. The number of ketones is 1. The molecule has 0 amide bonds.